The van der Waals surface area contributed by atoms with Crippen molar-refractivity contribution in [3.8, 4) is 0 Å². The van der Waals surface area contributed by atoms with Gasteiger partial charge in [0.25, 0.3) is 0 Å². The first kappa shape index (κ1) is 19.3. The Labute approximate surface area is 132 Å². The topological polar surface area (TPSA) is 16.6 Å². The van der Waals surface area contributed by atoms with E-state index in [4.69, 9.17) is 0 Å². The van der Waals surface area contributed by atoms with Crippen LogP contribution in [0, 0.1) is 20.8 Å². The van der Waals surface area contributed by atoms with E-state index in [0.29, 0.717) is 0 Å². The van der Waals surface area contributed by atoms with E-state index in [1.54, 1.807) is 0 Å². The number of nitrogens with two attached hydrogens (primary N) is 1. The summed E-state index contributed by atoms with van der Waals surface area (Å²) in [5, 5.41) is 2.16. The summed E-state index contributed by atoms with van der Waals surface area (Å²) in [5.41, 5.74) is 5.66. The molecule has 2 N–H and O–H groups in total. The number of halogens is 1. The number of quaternary nitrogens is 1. The zero-order chi connectivity index (χ0) is 11.3. The molecular weight excluding hydrogens is 365 g/mol. The number of rotatable bonds is 1. The predicted octanol–water partition coefficient (Wildman–Crippen LogP) is -0.438. The minimum atomic E-state index is 0. The van der Waals surface area contributed by atoms with Gasteiger partial charge in [0.2, 0.25) is 0 Å². The molecule has 0 fully saturated rings. The van der Waals surface area contributed by atoms with Crippen molar-refractivity contribution in [3.63, 3.8) is 0 Å². The van der Waals surface area contributed by atoms with Gasteiger partial charge in [0.1, 0.15) is 0 Å². The fourth-order valence-electron chi connectivity index (χ4n) is 1.58. The summed E-state index contributed by atoms with van der Waals surface area (Å²) in [7, 11) is 2.08. The normalized spacial score (nSPS) is 8.47. The van der Waals surface area contributed by atoms with E-state index in [1.165, 1.54) is 22.4 Å². The Morgan fingerprint density at radius 3 is 1.59 bits per heavy atom. The van der Waals surface area contributed by atoms with Gasteiger partial charge in [0.05, 0.1) is 7.05 Å². The Morgan fingerprint density at radius 1 is 1.00 bits per heavy atom. The third-order valence-corrected chi connectivity index (χ3v) is 2.83. The third-order valence-electron chi connectivity index (χ3n) is 2.83. The number of aryl methyl sites for hydroxylation is 1. The Morgan fingerprint density at radius 2 is 1.41 bits per heavy atom. The van der Waals surface area contributed by atoms with Crippen LogP contribution in [0.3, 0.4) is 0 Å². The summed E-state index contributed by atoms with van der Waals surface area (Å²) in [5.74, 6) is 0. The number of hydrogen-bond acceptors (Lipinski definition) is 0. The van der Waals surface area contributed by atoms with Gasteiger partial charge in [-0.15, -0.1) is 11.6 Å². The van der Waals surface area contributed by atoms with Gasteiger partial charge >= 0.3 is 0 Å². The maximum atomic E-state index is 2.24. The minimum Gasteiger partial charge on any atom is -1.00 e. The fraction of sp³-hybridized carbons (Fsp3) is 0.286. The van der Waals surface area contributed by atoms with Gasteiger partial charge in [-0.05, 0) is 0 Å². The van der Waals surface area contributed by atoms with E-state index < -0.39 is 0 Å². The molecule has 102 valence electrons. The van der Waals surface area contributed by atoms with E-state index in [2.05, 4.69) is 39.2 Å². The second-order valence-corrected chi connectivity index (χ2v) is 3.78. The van der Waals surface area contributed by atoms with Gasteiger partial charge < -0.3 is 59.6 Å². The number of hydrogen-bond donors (Lipinski definition) is 1. The van der Waals surface area contributed by atoms with Crippen molar-refractivity contribution in [1.82, 2.24) is 0 Å². The van der Waals surface area contributed by atoms with Crippen LogP contribution in [0.4, 0.5) is 5.69 Å². The van der Waals surface area contributed by atoms with Crippen LogP contribution in [0.15, 0.2) is 36.4 Å². The molecule has 2 aromatic carbocycles. The molecule has 0 heterocycles. The van der Waals surface area contributed by atoms with Crippen molar-refractivity contribution in [3.05, 3.63) is 53.1 Å². The van der Waals surface area contributed by atoms with Gasteiger partial charge in [-0.3, -0.25) is 0 Å². The Hall–Kier alpha value is -0.0905. The predicted molar refractivity (Wildman–Crippen MR) is 65.8 cm³/mol. The molecule has 0 aliphatic rings. The molecule has 0 aliphatic heterocycles. The summed E-state index contributed by atoms with van der Waals surface area (Å²) >= 11 is 0. The molecule has 0 spiro atoms. The molecule has 0 radical (unpaired) electrons. The van der Waals surface area contributed by atoms with Crippen LogP contribution in [-0.4, -0.2) is 7.05 Å². The average Bonchev–Trinajstić information content (AvgIpc) is 2.87. The van der Waals surface area contributed by atoms with Crippen LogP contribution in [0.1, 0.15) is 16.7 Å². The van der Waals surface area contributed by atoms with Gasteiger partial charge in [0, 0.05) is 22.8 Å². The van der Waals surface area contributed by atoms with Crippen LogP contribution < -0.4 is 29.3 Å². The molecule has 0 aromatic heterocycles. The smallest absolute Gasteiger partial charge is 0.0604 e. The summed E-state index contributed by atoms with van der Waals surface area (Å²) in [6.07, 6.45) is 0. The second-order valence-electron chi connectivity index (χ2n) is 3.78. The van der Waals surface area contributed by atoms with Crippen molar-refractivity contribution < 1.29 is 46.4 Å². The molecule has 2 rings (SSSR count). The zero-order valence-corrected chi connectivity index (χ0v) is 14.0. The average molecular weight is 385 g/mol. The van der Waals surface area contributed by atoms with Crippen LogP contribution in [0.25, 0.3) is 0 Å². The van der Waals surface area contributed by atoms with Gasteiger partial charge in [0.15, 0.2) is 0 Å². The molecule has 0 bridgehead atoms. The quantitative estimate of drug-likeness (QED) is 0.390. The summed E-state index contributed by atoms with van der Waals surface area (Å²) in [6.45, 7) is 6.52. The van der Waals surface area contributed by atoms with Gasteiger partial charge in [-0.2, -0.15) is 11.1 Å². The maximum absolute atomic E-state index is 2.24. The van der Waals surface area contributed by atoms with Crippen molar-refractivity contribution in [2.24, 2.45) is 0 Å². The molecule has 17 heavy (non-hydrogen) atoms. The summed E-state index contributed by atoms with van der Waals surface area (Å²) in [4.78, 5) is 0. The monoisotopic (exact) mass is 385 g/mol. The van der Waals surface area contributed by atoms with E-state index >= 15 is 0 Å². The summed E-state index contributed by atoms with van der Waals surface area (Å²) < 4.78 is 0. The Balaban J connectivity index is 0. The maximum Gasteiger partial charge on any atom is 0.0604 e. The van der Waals surface area contributed by atoms with Gasteiger partial charge in [-0.1, -0.05) is 20.8 Å². The molecule has 3 heteroatoms. The molecule has 1 nitrogen and oxygen atoms in total. The largest absolute Gasteiger partial charge is 1.00 e. The van der Waals surface area contributed by atoms with E-state index in [1.807, 2.05) is 30.3 Å². The van der Waals surface area contributed by atoms with Gasteiger partial charge in [-0.25, -0.2) is 0 Å². The van der Waals surface area contributed by atoms with Crippen LogP contribution in [-0.2, 0) is 17.1 Å². The van der Waals surface area contributed by atoms with E-state index in [9.17, 15) is 0 Å². The van der Waals surface area contributed by atoms with E-state index in [-0.39, 0.29) is 41.0 Å². The molecule has 0 atom stereocenters. The van der Waals surface area contributed by atoms with Crippen LogP contribution >= 0.6 is 0 Å². The minimum absolute atomic E-state index is 0. The second kappa shape index (κ2) is 9.89. The van der Waals surface area contributed by atoms with Crippen molar-refractivity contribution in [2.75, 3.05) is 7.05 Å². The molecule has 0 saturated carbocycles. The molecule has 0 amide bonds. The first-order valence-corrected chi connectivity index (χ1v) is 5.36. The first-order chi connectivity index (χ1) is 7.16. The molecule has 0 aliphatic carbocycles. The zero-order valence-electron chi connectivity index (χ0n) is 10.8. The Bertz CT molecular complexity index is 373. The van der Waals surface area contributed by atoms with Crippen molar-refractivity contribution in [2.45, 2.75) is 20.8 Å². The first-order valence-electron chi connectivity index (χ1n) is 5.36. The standard InChI is InChI=1S/C9H15N.C5H5.Fe.HI/c1-6-5-9(10-4)8(3)7(6)2;1-2-4-5-3-1;;/h5H,10H2,1-4H3;1-5H;;1H/q;-5;;/p-1. The third kappa shape index (κ3) is 5.86. The van der Waals surface area contributed by atoms with Crippen molar-refractivity contribution >= 4 is 5.69 Å². The SMILES string of the molecule is C[NH2+][c-]1cc(C)c(C)c1C.[Fe].[I-].[cH-]1[cH-][cH-][cH-][cH-]1. The molecular formula is C14H20FeIN-6. The van der Waals surface area contributed by atoms with Crippen LogP contribution in [0.5, 0.6) is 0 Å². The molecule has 0 saturated heterocycles. The fourth-order valence-corrected chi connectivity index (χ4v) is 1.58. The van der Waals surface area contributed by atoms with Crippen LogP contribution in [0.2, 0.25) is 0 Å². The molecule has 2 aromatic rings. The summed E-state index contributed by atoms with van der Waals surface area (Å²) in [6, 6.07) is 12.2. The van der Waals surface area contributed by atoms with Crippen molar-refractivity contribution in [1.29, 1.82) is 0 Å². The Kier molecular flexibility index (Phi) is 11.2. The molecule has 0 unspecified atom stereocenters. The van der Waals surface area contributed by atoms with E-state index in [0.717, 1.165) is 0 Å².